The van der Waals surface area contributed by atoms with Gasteiger partial charge in [-0.05, 0) is 42.9 Å². The van der Waals surface area contributed by atoms with Gasteiger partial charge in [-0.25, -0.2) is 5.10 Å². The number of amides is 2. The van der Waals surface area contributed by atoms with E-state index in [1.54, 1.807) is 24.3 Å². The van der Waals surface area contributed by atoms with E-state index in [0.717, 1.165) is 19.3 Å². The van der Waals surface area contributed by atoms with Crippen molar-refractivity contribution < 1.29 is 9.59 Å². The van der Waals surface area contributed by atoms with Crippen LogP contribution >= 0.6 is 11.3 Å². The Morgan fingerprint density at radius 1 is 1.19 bits per heavy atom. The molecule has 0 bridgehead atoms. The van der Waals surface area contributed by atoms with Crippen LogP contribution in [0.5, 0.6) is 0 Å². The van der Waals surface area contributed by atoms with E-state index in [-0.39, 0.29) is 17.2 Å². The van der Waals surface area contributed by atoms with Crippen LogP contribution in [0.1, 0.15) is 43.9 Å². The van der Waals surface area contributed by atoms with E-state index in [4.69, 9.17) is 0 Å². The van der Waals surface area contributed by atoms with Gasteiger partial charge in [0, 0.05) is 10.3 Å². The SMILES string of the molecule is CC1CCc2sc(C(=O)NNC(=O)c3n[nH]c(=O)c4ccccc34)cc2C1. The zero-order chi connectivity index (χ0) is 19.0. The van der Waals surface area contributed by atoms with Gasteiger partial charge < -0.3 is 0 Å². The summed E-state index contributed by atoms with van der Waals surface area (Å²) in [6.07, 6.45) is 3.11. The molecule has 0 saturated heterocycles. The van der Waals surface area contributed by atoms with Crippen molar-refractivity contribution in [2.24, 2.45) is 5.92 Å². The number of hydrogen-bond donors (Lipinski definition) is 3. The molecule has 27 heavy (non-hydrogen) atoms. The van der Waals surface area contributed by atoms with Crippen molar-refractivity contribution in [1.82, 2.24) is 21.0 Å². The molecule has 1 aromatic carbocycles. The van der Waals surface area contributed by atoms with Crippen LogP contribution in [0.4, 0.5) is 0 Å². The Morgan fingerprint density at radius 2 is 1.93 bits per heavy atom. The smallest absolute Gasteiger partial charge is 0.267 e. The molecule has 0 spiro atoms. The number of carbonyl (C=O) groups is 2. The Bertz CT molecular complexity index is 1100. The number of H-pyrrole nitrogens is 1. The zero-order valence-electron chi connectivity index (χ0n) is 14.7. The molecule has 3 N–H and O–H groups in total. The van der Waals surface area contributed by atoms with Crippen LogP contribution < -0.4 is 16.4 Å². The predicted octanol–water partition coefficient (Wildman–Crippen LogP) is 2.18. The van der Waals surface area contributed by atoms with Gasteiger partial charge >= 0.3 is 0 Å². The number of fused-ring (bicyclic) bond motifs is 2. The molecule has 1 aliphatic rings. The third-order valence-corrected chi connectivity index (χ3v) is 5.99. The van der Waals surface area contributed by atoms with E-state index in [0.29, 0.717) is 21.6 Å². The van der Waals surface area contributed by atoms with Gasteiger partial charge in [-0.15, -0.1) is 11.3 Å². The summed E-state index contributed by atoms with van der Waals surface area (Å²) in [6.45, 7) is 2.21. The molecule has 2 aromatic heterocycles. The third kappa shape index (κ3) is 3.35. The molecular weight excluding hydrogens is 364 g/mol. The summed E-state index contributed by atoms with van der Waals surface area (Å²) < 4.78 is 0. The number of carbonyl (C=O) groups excluding carboxylic acids is 2. The number of nitrogens with zero attached hydrogens (tertiary/aromatic N) is 1. The van der Waals surface area contributed by atoms with Crippen LogP contribution in [-0.4, -0.2) is 22.0 Å². The largest absolute Gasteiger partial charge is 0.290 e. The molecule has 7 nitrogen and oxygen atoms in total. The highest BCUT2D eigenvalue weighted by Gasteiger charge is 2.21. The van der Waals surface area contributed by atoms with Crippen LogP contribution in [0.3, 0.4) is 0 Å². The standard InChI is InChI=1S/C19H18N4O3S/c1-10-6-7-14-11(8-10)9-15(27-14)18(25)22-23-19(26)16-12-4-2-3-5-13(12)17(24)21-20-16/h2-5,9-10H,6-8H2,1H3,(H,21,24)(H,22,25)(H,23,26). The lowest BCUT2D eigenvalue weighted by Gasteiger charge is -2.16. The van der Waals surface area contributed by atoms with Crippen LogP contribution in [0.15, 0.2) is 35.1 Å². The molecule has 0 fully saturated rings. The number of rotatable bonds is 2. The van der Waals surface area contributed by atoms with Crippen LogP contribution in [-0.2, 0) is 12.8 Å². The lowest BCUT2D eigenvalue weighted by molar-refractivity contribution is 0.0846. The van der Waals surface area contributed by atoms with Gasteiger partial charge in [-0.2, -0.15) is 5.10 Å². The fourth-order valence-corrected chi connectivity index (χ4v) is 4.44. The topological polar surface area (TPSA) is 104 Å². The number of thiophene rings is 1. The van der Waals surface area contributed by atoms with Gasteiger partial charge in [-0.3, -0.25) is 25.2 Å². The zero-order valence-corrected chi connectivity index (χ0v) is 15.5. The average Bonchev–Trinajstić information content (AvgIpc) is 3.09. The lowest BCUT2D eigenvalue weighted by atomic mass is 9.90. The summed E-state index contributed by atoms with van der Waals surface area (Å²) in [5.41, 5.74) is 5.72. The highest BCUT2D eigenvalue weighted by molar-refractivity contribution is 7.14. The number of nitrogens with one attached hydrogen (secondary N) is 3. The minimum atomic E-state index is -0.592. The van der Waals surface area contributed by atoms with E-state index < -0.39 is 5.91 Å². The molecule has 1 aliphatic carbocycles. The lowest BCUT2D eigenvalue weighted by Crippen LogP contribution is -2.42. The summed E-state index contributed by atoms with van der Waals surface area (Å²) in [4.78, 5) is 38.5. The van der Waals surface area contributed by atoms with Gasteiger partial charge in [0.05, 0.1) is 10.3 Å². The normalized spacial score (nSPS) is 16.0. The molecule has 2 heterocycles. The van der Waals surface area contributed by atoms with Gasteiger partial charge in [0.1, 0.15) is 0 Å². The van der Waals surface area contributed by atoms with Crippen molar-refractivity contribution in [3.8, 4) is 0 Å². The first-order valence-corrected chi connectivity index (χ1v) is 9.54. The molecule has 2 amide bonds. The Balaban J connectivity index is 1.49. The van der Waals surface area contributed by atoms with Crippen LogP contribution in [0.25, 0.3) is 10.8 Å². The van der Waals surface area contributed by atoms with E-state index in [2.05, 4.69) is 28.0 Å². The maximum absolute atomic E-state index is 12.4. The molecule has 0 aliphatic heterocycles. The fourth-order valence-electron chi connectivity index (χ4n) is 3.34. The molecule has 0 saturated carbocycles. The van der Waals surface area contributed by atoms with Gasteiger partial charge in [0.15, 0.2) is 5.69 Å². The summed E-state index contributed by atoms with van der Waals surface area (Å²) >= 11 is 1.47. The summed E-state index contributed by atoms with van der Waals surface area (Å²) in [5.74, 6) is -0.322. The summed E-state index contributed by atoms with van der Waals surface area (Å²) in [5, 5.41) is 6.91. The first-order valence-electron chi connectivity index (χ1n) is 8.72. The Hall–Kier alpha value is -3.00. The predicted molar refractivity (Wildman–Crippen MR) is 103 cm³/mol. The number of aryl methyl sites for hydroxylation is 1. The van der Waals surface area contributed by atoms with Crippen molar-refractivity contribution in [2.75, 3.05) is 0 Å². The van der Waals surface area contributed by atoms with Crippen molar-refractivity contribution in [2.45, 2.75) is 26.2 Å². The van der Waals surface area contributed by atoms with Gasteiger partial charge in [-0.1, -0.05) is 25.1 Å². The second kappa shape index (κ2) is 6.96. The Morgan fingerprint density at radius 3 is 2.74 bits per heavy atom. The number of aromatic amines is 1. The highest BCUT2D eigenvalue weighted by atomic mass is 32.1. The number of hydrazine groups is 1. The molecule has 1 atom stereocenters. The maximum atomic E-state index is 12.4. The van der Waals surface area contributed by atoms with Crippen molar-refractivity contribution >= 4 is 33.9 Å². The van der Waals surface area contributed by atoms with E-state index in [9.17, 15) is 14.4 Å². The Kier molecular flexibility index (Phi) is 4.49. The molecule has 0 radical (unpaired) electrons. The minimum Gasteiger partial charge on any atom is -0.267 e. The average molecular weight is 382 g/mol. The summed E-state index contributed by atoms with van der Waals surface area (Å²) in [7, 11) is 0. The van der Waals surface area contributed by atoms with Gasteiger partial charge in [0.2, 0.25) is 0 Å². The molecule has 3 aromatic rings. The van der Waals surface area contributed by atoms with E-state index >= 15 is 0 Å². The van der Waals surface area contributed by atoms with Crippen LogP contribution in [0.2, 0.25) is 0 Å². The fraction of sp³-hybridized carbons (Fsp3) is 0.263. The quantitative estimate of drug-likeness (QED) is 0.591. The molecular formula is C19H18N4O3S. The Labute approximate surface area is 158 Å². The maximum Gasteiger partial charge on any atom is 0.290 e. The highest BCUT2D eigenvalue weighted by Crippen LogP contribution is 2.32. The molecule has 4 rings (SSSR count). The van der Waals surface area contributed by atoms with Gasteiger partial charge in [0.25, 0.3) is 17.4 Å². The molecule has 1 unspecified atom stereocenters. The number of hydrogen-bond acceptors (Lipinski definition) is 5. The third-order valence-electron chi connectivity index (χ3n) is 4.75. The second-order valence-electron chi connectivity index (χ2n) is 6.76. The van der Waals surface area contributed by atoms with E-state index in [1.807, 2.05) is 6.07 Å². The van der Waals surface area contributed by atoms with Crippen molar-refractivity contribution in [3.63, 3.8) is 0 Å². The number of benzene rings is 1. The number of aromatic nitrogens is 2. The van der Waals surface area contributed by atoms with Crippen LogP contribution in [0, 0.1) is 5.92 Å². The van der Waals surface area contributed by atoms with E-state index in [1.165, 1.54) is 21.8 Å². The minimum absolute atomic E-state index is 0.0461. The first kappa shape index (κ1) is 17.4. The first-order chi connectivity index (χ1) is 13.0. The summed E-state index contributed by atoms with van der Waals surface area (Å²) in [6, 6.07) is 8.59. The molecule has 138 valence electrons. The van der Waals surface area contributed by atoms with Crippen molar-refractivity contribution in [1.29, 1.82) is 0 Å². The second-order valence-corrected chi connectivity index (χ2v) is 7.90. The van der Waals surface area contributed by atoms with Crippen molar-refractivity contribution in [3.05, 3.63) is 61.7 Å². The molecule has 8 heteroatoms. The monoisotopic (exact) mass is 382 g/mol.